The van der Waals surface area contributed by atoms with Crippen molar-refractivity contribution in [3.63, 3.8) is 0 Å². The summed E-state index contributed by atoms with van der Waals surface area (Å²) in [7, 11) is 0. The first-order valence-electron chi connectivity index (χ1n) is 11.7. The van der Waals surface area contributed by atoms with E-state index in [2.05, 4.69) is 80.4 Å². The predicted octanol–water partition coefficient (Wildman–Crippen LogP) is 5.26. The molecule has 2 aromatic heterocycles. The van der Waals surface area contributed by atoms with Gasteiger partial charge < -0.3 is 9.30 Å². The topological polar surface area (TPSA) is 79.6 Å². The van der Waals surface area contributed by atoms with Crippen LogP contribution in [0.1, 0.15) is 47.7 Å². The highest BCUT2D eigenvalue weighted by atomic mass is 16.5. The maximum Gasteiger partial charge on any atom is 0.205 e. The van der Waals surface area contributed by atoms with Gasteiger partial charge in [-0.1, -0.05) is 59.7 Å². The Morgan fingerprint density at radius 2 is 1.68 bits per heavy atom. The van der Waals surface area contributed by atoms with Crippen molar-refractivity contribution in [2.45, 2.75) is 45.7 Å². The lowest BCUT2D eigenvalue weighted by Gasteiger charge is -2.20. The normalized spacial score (nSPS) is 13.0. The summed E-state index contributed by atoms with van der Waals surface area (Å²) in [5.74, 6) is 0. The van der Waals surface area contributed by atoms with Crippen LogP contribution in [0.15, 0.2) is 66.9 Å². The van der Waals surface area contributed by atoms with Crippen LogP contribution in [0.2, 0.25) is 0 Å². The van der Waals surface area contributed by atoms with E-state index in [0.29, 0.717) is 31.7 Å². The maximum atomic E-state index is 9.22. The fraction of sp³-hybridized carbons (Fsp3) is 0.321. The largest absolute Gasteiger partial charge is 0.378 e. The van der Waals surface area contributed by atoms with Crippen molar-refractivity contribution in [1.82, 2.24) is 14.1 Å². The van der Waals surface area contributed by atoms with Crippen LogP contribution in [0, 0.1) is 30.6 Å². The first-order chi connectivity index (χ1) is 16.5. The van der Waals surface area contributed by atoms with E-state index in [1.807, 2.05) is 21.3 Å². The minimum Gasteiger partial charge on any atom is -0.378 e. The summed E-state index contributed by atoms with van der Waals surface area (Å²) in [6.45, 7) is 7.06. The number of nitrogens with one attached hydrogen (secondary N) is 1. The molecule has 174 valence electrons. The molecule has 0 aliphatic heterocycles. The number of hydrogen-bond acceptors (Lipinski definition) is 4. The average Bonchev–Trinajstić information content (AvgIpc) is 3.14. The highest BCUT2D eigenvalue weighted by Gasteiger charge is 2.23. The minimum absolute atomic E-state index is 0.0272. The molecule has 6 heteroatoms. The number of benzene rings is 2. The lowest BCUT2D eigenvalue weighted by molar-refractivity contribution is 0.106. The first-order valence-corrected chi connectivity index (χ1v) is 11.7. The lowest BCUT2D eigenvalue weighted by Crippen LogP contribution is -2.32. The van der Waals surface area contributed by atoms with Gasteiger partial charge in [0, 0.05) is 6.20 Å². The molecule has 2 atom stereocenters. The molecule has 2 heterocycles. The SMILES string of the molecule is Cc1ccc(C[C@@H](COCCC#N)n2c(=N)n(C(C)c3ccc(C)cc3)c3cccnc32)cc1. The predicted molar refractivity (Wildman–Crippen MR) is 134 cm³/mol. The fourth-order valence-corrected chi connectivity index (χ4v) is 4.38. The van der Waals surface area contributed by atoms with Gasteiger partial charge in [0.15, 0.2) is 5.65 Å². The second-order valence-corrected chi connectivity index (χ2v) is 8.82. The Hall–Kier alpha value is -3.69. The Bertz CT molecular complexity index is 1340. The van der Waals surface area contributed by atoms with Gasteiger partial charge in [-0.2, -0.15) is 5.26 Å². The molecule has 0 fully saturated rings. The van der Waals surface area contributed by atoms with Crippen LogP contribution >= 0.6 is 0 Å². The van der Waals surface area contributed by atoms with Crippen LogP contribution < -0.4 is 5.62 Å². The Balaban J connectivity index is 1.79. The Morgan fingerprint density at radius 3 is 2.35 bits per heavy atom. The number of nitriles is 1. The van der Waals surface area contributed by atoms with Crippen molar-refractivity contribution in [2.24, 2.45) is 0 Å². The van der Waals surface area contributed by atoms with Gasteiger partial charge in [-0.05, 0) is 50.5 Å². The molecule has 2 aromatic carbocycles. The summed E-state index contributed by atoms with van der Waals surface area (Å²) >= 11 is 0. The molecule has 4 aromatic rings. The fourth-order valence-electron chi connectivity index (χ4n) is 4.38. The number of imidazole rings is 1. The van der Waals surface area contributed by atoms with E-state index in [1.165, 1.54) is 16.7 Å². The molecule has 0 bridgehead atoms. The third-order valence-electron chi connectivity index (χ3n) is 6.28. The summed E-state index contributed by atoms with van der Waals surface area (Å²) in [4.78, 5) is 4.69. The van der Waals surface area contributed by atoms with E-state index >= 15 is 0 Å². The summed E-state index contributed by atoms with van der Waals surface area (Å²) in [5.41, 5.74) is 6.83. The zero-order chi connectivity index (χ0) is 24.1. The van der Waals surface area contributed by atoms with Gasteiger partial charge in [0.2, 0.25) is 5.62 Å². The molecular formula is C28H31N5O. The van der Waals surface area contributed by atoms with Gasteiger partial charge in [0.1, 0.15) is 0 Å². The number of nitrogens with zero attached hydrogens (tertiary/aromatic N) is 4. The monoisotopic (exact) mass is 453 g/mol. The van der Waals surface area contributed by atoms with Crippen LogP contribution in [-0.2, 0) is 11.2 Å². The zero-order valence-corrected chi connectivity index (χ0v) is 20.0. The second kappa shape index (κ2) is 10.5. The van der Waals surface area contributed by atoms with Crippen molar-refractivity contribution in [3.8, 4) is 6.07 Å². The summed E-state index contributed by atoms with van der Waals surface area (Å²) in [6.07, 6.45) is 2.83. The molecule has 0 saturated heterocycles. The van der Waals surface area contributed by atoms with Gasteiger partial charge in [-0.15, -0.1) is 0 Å². The lowest BCUT2D eigenvalue weighted by atomic mass is 10.0. The highest BCUT2D eigenvalue weighted by Crippen LogP contribution is 2.25. The molecule has 0 aliphatic rings. The number of rotatable bonds is 9. The van der Waals surface area contributed by atoms with Crippen LogP contribution in [0.5, 0.6) is 0 Å². The Kier molecular flexibility index (Phi) is 7.24. The summed E-state index contributed by atoms with van der Waals surface area (Å²) in [6, 6.07) is 22.9. The number of pyridine rings is 1. The standard InChI is InChI=1S/C28H31N5O/c1-20-7-11-23(12-8-20)18-25(19-34-17-5-15-29)33-27-26(6-4-16-31-27)32(28(33)30)22(3)24-13-9-21(2)10-14-24/h4,6-14,16,22,25,30H,5,17-19H2,1-3H3/t22?,25-/m0/s1. The molecule has 6 nitrogen and oxygen atoms in total. The van der Waals surface area contributed by atoms with Crippen LogP contribution in [0.25, 0.3) is 11.2 Å². The van der Waals surface area contributed by atoms with Crippen LogP contribution in [-0.4, -0.2) is 27.3 Å². The molecule has 1 N–H and O–H groups in total. The summed E-state index contributed by atoms with van der Waals surface area (Å²) in [5, 5.41) is 18.1. The van der Waals surface area contributed by atoms with Gasteiger partial charge in [-0.3, -0.25) is 9.98 Å². The molecule has 0 saturated carbocycles. The van der Waals surface area contributed by atoms with E-state index in [1.54, 1.807) is 6.20 Å². The number of fused-ring (bicyclic) bond motifs is 1. The molecular weight excluding hydrogens is 422 g/mol. The second-order valence-electron chi connectivity index (χ2n) is 8.82. The maximum absolute atomic E-state index is 9.22. The van der Waals surface area contributed by atoms with E-state index in [4.69, 9.17) is 10.00 Å². The Morgan fingerprint density at radius 1 is 1.00 bits per heavy atom. The van der Waals surface area contributed by atoms with Gasteiger partial charge in [0.25, 0.3) is 0 Å². The number of hydrogen-bond donors (Lipinski definition) is 1. The van der Waals surface area contributed by atoms with Gasteiger partial charge >= 0.3 is 0 Å². The average molecular weight is 454 g/mol. The number of aromatic nitrogens is 3. The van der Waals surface area contributed by atoms with E-state index < -0.39 is 0 Å². The van der Waals surface area contributed by atoms with E-state index in [9.17, 15) is 5.41 Å². The molecule has 0 radical (unpaired) electrons. The van der Waals surface area contributed by atoms with Crippen molar-refractivity contribution in [3.05, 3.63) is 94.7 Å². The van der Waals surface area contributed by atoms with E-state index in [0.717, 1.165) is 16.7 Å². The van der Waals surface area contributed by atoms with Crippen molar-refractivity contribution in [2.75, 3.05) is 13.2 Å². The molecule has 1 unspecified atom stereocenters. The molecule has 34 heavy (non-hydrogen) atoms. The van der Waals surface area contributed by atoms with E-state index in [-0.39, 0.29) is 12.1 Å². The van der Waals surface area contributed by atoms with Crippen molar-refractivity contribution >= 4 is 11.2 Å². The minimum atomic E-state index is -0.127. The van der Waals surface area contributed by atoms with Gasteiger partial charge in [0.05, 0.1) is 43.3 Å². The third kappa shape index (κ3) is 4.95. The first kappa shape index (κ1) is 23.5. The molecule has 0 aliphatic carbocycles. The molecule has 0 spiro atoms. The van der Waals surface area contributed by atoms with Crippen molar-refractivity contribution < 1.29 is 4.74 Å². The third-order valence-corrected chi connectivity index (χ3v) is 6.28. The smallest absolute Gasteiger partial charge is 0.205 e. The van der Waals surface area contributed by atoms with Gasteiger partial charge in [-0.25, -0.2) is 4.98 Å². The number of aryl methyl sites for hydroxylation is 2. The van der Waals surface area contributed by atoms with Crippen LogP contribution in [0.3, 0.4) is 0 Å². The molecule has 4 rings (SSSR count). The summed E-state index contributed by atoms with van der Waals surface area (Å²) < 4.78 is 9.93. The highest BCUT2D eigenvalue weighted by molar-refractivity contribution is 5.72. The number of ether oxygens (including phenoxy) is 1. The quantitative estimate of drug-likeness (QED) is 0.351. The Labute approximate surface area is 200 Å². The van der Waals surface area contributed by atoms with Crippen LogP contribution in [0.4, 0.5) is 0 Å². The van der Waals surface area contributed by atoms with Crippen molar-refractivity contribution in [1.29, 1.82) is 10.7 Å². The molecule has 0 amide bonds. The zero-order valence-electron chi connectivity index (χ0n) is 20.0.